The Balaban J connectivity index is 1.89. The summed E-state index contributed by atoms with van der Waals surface area (Å²) in [5, 5.41) is 6.64. The van der Waals surface area contributed by atoms with Crippen LogP contribution in [0.1, 0.15) is 5.56 Å². The van der Waals surface area contributed by atoms with E-state index in [2.05, 4.69) is 15.2 Å². The van der Waals surface area contributed by atoms with Crippen molar-refractivity contribution in [1.82, 2.24) is 24.3 Å². The van der Waals surface area contributed by atoms with Crippen LogP contribution >= 0.6 is 7.60 Å². The minimum Gasteiger partial charge on any atom is -0.321 e. The van der Waals surface area contributed by atoms with E-state index in [9.17, 15) is 13.8 Å². The number of imidazole rings is 1. The second-order valence-electron chi connectivity index (χ2n) is 5.88. The average Bonchev–Trinajstić information content (AvgIpc) is 3.13. The van der Waals surface area contributed by atoms with Crippen LogP contribution in [-0.2, 0) is 18.2 Å². The summed E-state index contributed by atoms with van der Waals surface area (Å²) >= 11 is 0. The third kappa shape index (κ3) is 2.47. The van der Waals surface area contributed by atoms with E-state index in [0.29, 0.717) is 27.6 Å². The van der Waals surface area contributed by atoms with Gasteiger partial charge in [-0.15, -0.1) is 0 Å². The maximum absolute atomic E-state index is 14.1. The molecule has 26 heavy (non-hydrogen) atoms. The lowest BCUT2D eigenvalue weighted by Gasteiger charge is -2.08. The molecule has 0 saturated carbocycles. The lowest BCUT2D eigenvalue weighted by atomic mass is 10.2. The molecule has 0 aliphatic rings. The van der Waals surface area contributed by atoms with Crippen molar-refractivity contribution in [1.29, 1.82) is 0 Å². The molecule has 0 saturated heterocycles. The Labute approximate surface area is 144 Å². The molecule has 11 heteroatoms. The average molecular weight is 377 g/mol. The van der Waals surface area contributed by atoms with Crippen LogP contribution < -0.4 is 11.0 Å². The lowest BCUT2D eigenvalue weighted by Crippen LogP contribution is -2.23. The van der Waals surface area contributed by atoms with Gasteiger partial charge in [0.15, 0.2) is 5.65 Å². The zero-order valence-corrected chi connectivity index (χ0v) is 14.3. The standard InChI is InChI=1S/C15H13FN5O4P/c1-20-11-6-17-14-9(5-18-19-14)13(11)21(15(20)22)7-8-2-3-12(10(16)4-8)26(23,24)25/h2-6H,7H2,1H3,(H,17,18,19)(H2,23,24,25). The van der Waals surface area contributed by atoms with E-state index in [0.717, 1.165) is 12.1 Å². The Hall–Kier alpha value is -2.81. The van der Waals surface area contributed by atoms with Crippen molar-refractivity contribution in [3.63, 3.8) is 0 Å². The van der Waals surface area contributed by atoms with Crippen LogP contribution in [0.5, 0.6) is 0 Å². The molecule has 0 fully saturated rings. The summed E-state index contributed by atoms with van der Waals surface area (Å²) in [6.45, 7) is 0.0266. The van der Waals surface area contributed by atoms with Crippen LogP contribution in [0.4, 0.5) is 4.39 Å². The highest BCUT2D eigenvalue weighted by molar-refractivity contribution is 7.60. The van der Waals surface area contributed by atoms with Gasteiger partial charge in [0, 0.05) is 7.05 Å². The smallest absolute Gasteiger partial charge is 0.321 e. The molecule has 0 spiro atoms. The van der Waals surface area contributed by atoms with E-state index in [1.165, 1.54) is 15.2 Å². The van der Waals surface area contributed by atoms with Crippen molar-refractivity contribution in [2.24, 2.45) is 7.05 Å². The second kappa shape index (κ2) is 5.60. The van der Waals surface area contributed by atoms with Gasteiger partial charge < -0.3 is 9.79 Å². The van der Waals surface area contributed by atoms with Gasteiger partial charge in [-0.1, -0.05) is 6.07 Å². The predicted octanol–water partition coefficient (Wildman–Crippen LogP) is 0.602. The Morgan fingerprint density at radius 1 is 1.31 bits per heavy atom. The molecule has 3 N–H and O–H groups in total. The molecular weight excluding hydrogens is 364 g/mol. The highest BCUT2D eigenvalue weighted by atomic mass is 31.2. The summed E-state index contributed by atoms with van der Waals surface area (Å²) in [4.78, 5) is 35.1. The summed E-state index contributed by atoms with van der Waals surface area (Å²) in [6, 6.07) is 3.45. The molecule has 0 bridgehead atoms. The number of pyridine rings is 1. The SMILES string of the molecule is Cn1c(=O)n(Cc2ccc(P(=O)(O)O)c(F)c2)c2c3cn[nH]c3ncc21. The normalized spacial score (nSPS) is 12.3. The lowest BCUT2D eigenvalue weighted by molar-refractivity contribution is 0.385. The van der Waals surface area contributed by atoms with Crippen molar-refractivity contribution >= 4 is 35.0 Å². The zero-order valence-electron chi connectivity index (χ0n) is 13.4. The summed E-state index contributed by atoms with van der Waals surface area (Å²) in [7, 11) is -3.09. The second-order valence-corrected chi connectivity index (χ2v) is 7.45. The number of hydrogen-bond acceptors (Lipinski definition) is 4. The van der Waals surface area contributed by atoms with Gasteiger partial charge in [-0.2, -0.15) is 5.10 Å². The van der Waals surface area contributed by atoms with Gasteiger partial charge in [0.1, 0.15) is 5.82 Å². The minimum atomic E-state index is -4.70. The molecule has 3 aromatic heterocycles. The maximum atomic E-state index is 14.1. The molecule has 4 rings (SSSR count). The molecular formula is C15H13FN5O4P. The number of hydrogen-bond donors (Lipinski definition) is 3. The molecule has 1 aromatic carbocycles. The Kier molecular flexibility index (Phi) is 3.58. The van der Waals surface area contributed by atoms with E-state index in [-0.39, 0.29) is 12.2 Å². The molecule has 9 nitrogen and oxygen atoms in total. The van der Waals surface area contributed by atoms with E-state index < -0.39 is 18.7 Å². The van der Waals surface area contributed by atoms with Gasteiger partial charge in [0.05, 0.1) is 40.7 Å². The number of aromatic amines is 1. The van der Waals surface area contributed by atoms with Crippen LogP contribution in [0.3, 0.4) is 0 Å². The first-order valence-electron chi connectivity index (χ1n) is 7.49. The van der Waals surface area contributed by atoms with Crippen LogP contribution in [-0.4, -0.2) is 34.1 Å². The molecule has 0 amide bonds. The molecule has 0 aliphatic carbocycles. The first-order chi connectivity index (χ1) is 12.3. The largest absolute Gasteiger partial charge is 0.359 e. The predicted molar refractivity (Wildman–Crippen MR) is 91.8 cm³/mol. The van der Waals surface area contributed by atoms with Crippen molar-refractivity contribution in [3.8, 4) is 0 Å². The molecule has 4 aromatic rings. The fraction of sp³-hybridized carbons (Fsp3) is 0.133. The first kappa shape index (κ1) is 16.6. The number of halogens is 1. The number of benzene rings is 1. The van der Waals surface area contributed by atoms with Crippen LogP contribution in [0.25, 0.3) is 22.1 Å². The third-order valence-electron chi connectivity index (χ3n) is 4.25. The Bertz CT molecular complexity index is 1270. The molecule has 0 radical (unpaired) electrons. The fourth-order valence-corrected chi connectivity index (χ4v) is 3.61. The van der Waals surface area contributed by atoms with Gasteiger partial charge in [0.2, 0.25) is 0 Å². The summed E-state index contributed by atoms with van der Waals surface area (Å²) in [5.41, 5.74) is 1.77. The highest BCUT2D eigenvalue weighted by Crippen LogP contribution is 2.34. The maximum Gasteiger partial charge on any atom is 0.359 e. The quantitative estimate of drug-likeness (QED) is 0.449. The van der Waals surface area contributed by atoms with Crippen molar-refractivity contribution in [2.45, 2.75) is 6.54 Å². The van der Waals surface area contributed by atoms with Crippen LogP contribution in [0.15, 0.2) is 35.4 Å². The van der Waals surface area contributed by atoms with Gasteiger partial charge >= 0.3 is 13.3 Å². The topological polar surface area (TPSA) is 126 Å². The van der Waals surface area contributed by atoms with E-state index in [4.69, 9.17) is 9.79 Å². The first-order valence-corrected chi connectivity index (χ1v) is 9.10. The van der Waals surface area contributed by atoms with Crippen molar-refractivity contribution < 1.29 is 18.7 Å². The zero-order chi connectivity index (χ0) is 18.6. The van der Waals surface area contributed by atoms with Gasteiger partial charge in [-0.3, -0.25) is 18.8 Å². The molecule has 3 heterocycles. The Morgan fingerprint density at radius 3 is 2.77 bits per heavy atom. The van der Waals surface area contributed by atoms with Crippen LogP contribution in [0.2, 0.25) is 0 Å². The van der Waals surface area contributed by atoms with Crippen molar-refractivity contribution in [2.75, 3.05) is 0 Å². The summed E-state index contributed by atoms with van der Waals surface area (Å²) < 4.78 is 28.2. The van der Waals surface area contributed by atoms with Crippen molar-refractivity contribution in [3.05, 3.63) is 52.5 Å². The third-order valence-corrected chi connectivity index (χ3v) is 5.24. The molecule has 0 atom stereocenters. The molecule has 134 valence electrons. The molecule has 0 aliphatic heterocycles. The van der Waals surface area contributed by atoms with E-state index >= 15 is 0 Å². The van der Waals surface area contributed by atoms with Gasteiger partial charge in [-0.05, 0) is 17.7 Å². The number of fused-ring (bicyclic) bond motifs is 3. The Morgan fingerprint density at radius 2 is 2.08 bits per heavy atom. The number of nitrogens with zero attached hydrogens (tertiary/aromatic N) is 4. The van der Waals surface area contributed by atoms with E-state index in [1.807, 2.05) is 0 Å². The summed E-state index contributed by atoms with van der Waals surface area (Å²) in [5.74, 6) is -1.01. The fourth-order valence-electron chi connectivity index (χ4n) is 3.00. The number of nitrogens with one attached hydrogen (secondary N) is 1. The number of H-pyrrole nitrogens is 1. The summed E-state index contributed by atoms with van der Waals surface area (Å²) in [6.07, 6.45) is 3.10. The minimum absolute atomic E-state index is 0.0266. The number of aryl methyl sites for hydroxylation is 1. The van der Waals surface area contributed by atoms with Gasteiger partial charge in [-0.25, -0.2) is 14.2 Å². The highest BCUT2D eigenvalue weighted by Gasteiger charge is 2.22. The monoisotopic (exact) mass is 377 g/mol. The number of rotatable bonds is 3. The van der Waals surface area contributed by atoms with Gasteiger partial charge in [0.25, 0.3) is 0 Å². The number of aromatic nitrogens is 5. The van der Waals surface area contributed by atoms with E-state index in [1.54, 1.807) is 19.4 Å². The molecule has 0 unspecified atom stereocenters. The van der Waals surface area contributed by atoms with Crippen LogP contribution in [0, 0.1) is 5.82 Å².